The Morgan fingerprint density at radius 1 is 1.26 bits per heavy atom. The number of nitro groups is 1. The van der Waals surface area contributed by atoms with Crippen molar-refractivity contribution in [3.63, 3.8) is 0 Å². The van der Waals surface area contributed by atoms with Crippen LogP contribution in [0.1, 0.15) is 11.1 Å². The van der Waals surface area contributed by atoms with E-state index in [-0.39, 0.29) is 29.7 Å². The summed E-state index contributed by atoms with van der Waals surface area (Å²) in [6.45, 7) is 2.21. The first-order chi connectivity index (χ1) is 12.9. The lowest BCUT2D eigenvalue weighted by molar-refractivity contribution is -0.385. The van der Waals surface area contributed by atoms with Crippen LogP contribution in [0.15, 0.2) is 66.6 Å². The van der Waals surface area contributed by atoms with E-state index in [0.29, 0.717) is 11.3 Å². The third-order valence-electron chi connectivity index (χ3n) is 4.28. The summed E-state index contributed by atoms with van der Waals surface area (Å²) in [5.41, 5.74) is 1.46. The van der Waals surface area contributed by atoms with Crippen LogP contribution >= 0.6 is 11.6 Å². The van der Waals surface area contributed by atoms with E-state index in [9.17, 15) is 14.5 Å². The Morgan fingerprint density at radius 2 is 2.00 bits per heavy atom. The summed E-state index contributed by atoms with van der Waals surface area (Å²) in [7, 11) is 0. The lowest BCUT2D eigenvalue weighted by Gasteiger charge is -2.31. The molecule has 2 aromatic rings. The first-order valence-electron chi connectivity index (χ1n) is 8.36. The van der Waals surface area contributed by atoms with Crippen molar-refractivity contribution in [2.45, 2.75) is 19.5 Å². The zero-order chi connectivity index (χ0) is 19.4. The van der Waals surface area contributed by atoms with Crippen LogP contribution in [0, 0.1) is 17.0 Å². The molecule has 0 radical (unpaired) electrons. The second kappa shape index (κ2) is 8.22. The fourth-order valence-electron chi connectivity index (χ4n) is 2.80. The zero-order valence-corrected chi connectivity index (χ0v) is 15.4. The van der Waals surface area contributed by atoms with Crippen LogP contribution in [0.4, 0.5) is 10.1 Å². The number of halogens is 2. The van der Waals surface area contributed by atoms with Gasteiger partial charge < -0.3 is 9.64 Å². The molecule has 0 spiro atoms. The van der Waals surface area contributed by atoms with Gasteiger partial charge in [0.05, 0.1) is 11.5 Å². The molecule has 140 valence electrons. The summed E-state index contributed by atoms with van der Waals surface area (Å²) in [6.07, 6.45) is 4.64. The lowest BCUT2D eigenvalue weighted by atomic mass is 10.1. The van der Waals surface area contributed by atoms with E-state index in [1.54, 1.807) is 29.3 Å². The van der Waals surface area contributed by atoms with E-state index in [2.05, 4.69) is 0 Å². The molecule has 5 nitrogen and oxygen atoms in total. The molecular formula is C20H18ClFN2O3. The average Bonchev–Trinajstić information content (AvgIpc) is 2.64. The number of hydrogen-bond donors (Lipinski definition) is 0. The van der Waals surface area contributed by atoms with Gasteiger partial charge in [0.25, 0.3) is 5.69 Å². The van der Waals surface area contributed by atoms with Gasteiger partial charge in [0.15, 0.2) is 0 Å². The van der Waals surface area contributed by atoms with Crippen LogP contribution in [-0.2, 0) is 6.54 Å². The number of nitro benzene ring substituents is 1. The second-order valence-corrected chi connectivity index (χ2v) is 6.67. The largest absolute Gasteiger partial charge is 0.491 e. The highest BCUT2D eigenvalue weighted by atomic mass is 35.5. The number of aryl methyl sites for hydroxylation is 1. The molecule has 0 saturated heterocycles. The van der Waals surface area contributed by atoms with Gasteiger partial charge in [-0.2, -0.15) is 0 Å². The normalized spacial score (nSPS) is 16.2. The number of nitrogens with zero attached hydrogens (tertiary/aromatic N) is 2. The summed E-state index contributed by atoms with van der Waals surface area (Å²) >= 11 is 5.86. The van der Waals surface area contributed by atoms with E-state index in [0.717, 1.165) is 5.56 Å². The number of allylic oxidation sites excluding steroid dienone is 2. The highest BCUT2D eigenvalue weighted by Gasteiger charge is 2.26. The maximum Gasteiger partial charge on any atom is 0.275 e. The van der Waals surface area contributed by atoms with Crippen molar-refractivity contribution in [2.75, 3.05) is 6.61 Å². The first-order valence-corrected chi connectivity index (χ1v) is 8.74. The number of benzene rings is 2. The fourth-order valence-corrected chi connectivity index (χ4v) is 2.97. The Morgan fingerprint density at radius 3 is 2.70 bits per heavy atom. The topological polar surface area (TPSA) is 55.6 Å². The van der Waals surface area contributed by atoms with Gasteiger partial charge in [-0.15, -0.1) is 0 Å². The van der Waals surface area contributed by atoms with Crippen molar-refractivity contribution >= 4 is 17.3 Å². The van der Waals surface area contributed by atoms with E-state index >= 15 is 0 Å². The summed E-state index contributed by atoms with van der Waals surface area (Å²) in [5.74, 6) is 0.279. The van der Waals surface area contributed by atoms with Gasteiger partial charge in [-0.3, -0.25) is 10.1 Å². The Bertz CT molecular complexity index is 897. The summed E-state index contributed by atoms with van der Waals surface area (Å²) < 4.78 is 20.1. The van der Waals surface area contributed by atoms with Crippen LogP contribution in [0.25, 0.3) is 0 Å². The SMILES string of the molecule is Cc1ccc(OCC2C(F)=CC=CN2Cc2ccc(Cl)cc2[N+](=O)[O-])cc1. The molecule has 0 bridgehead atoms. The fraction of sp³-hybridized carbons (Fsp3) is 0.200. The molecule has 0 fully saturated rings. The Balaban J connectivity index is 1.77. The quantitative estimate of drug-likeness (QED) is 0.505. The molecule has 0 N–H and O–H groups in total. The molecule has 1 aliphatic heterocycles. The Labute approximate surface area is 161 Å². The lowest BCUT2D eigenvalue weighted by Crippen LogP contribution is -2.37. The predicted octanol–water partition coefficient (Wildman–Crippen LogP) is 5.19. The van der Waals surface area contributed by atoms with Crippen molar-refractivity contribution in [3.8, 4) is 5.75 Å². The highest BCUT2D eigenvalue weighted by Crippen LogP contribution is 2.28. The molecular weight excluding hydrogens is 371 g/mol. The van der Waals surface area contributed by atoms with Gasteiger partial charge in [-0.05, 0) is 43.3 Å². The van der Waals surface area contributed by atoms with E-state index < -0.39 is 11.0 Å². The van der Waals surface area contributed by atoms with Crippen molar-refractivity contribution in [3.05, 3.63) is 92.9 Å². The van der Waals surface area contributed by atoms with Crippen LogP contribution in [0.5, 0.6) is 5.75 Å². The highest BCUT2D eigenvalue weighted by molar-refractivity contribution is 6.30. The molecule has 27 heavy (non-hydrogen) atoms. The van der Waals surface area contributed by atoms with E-state index in [4.69, 9.17) is 16.3 Å². The van der Waals surface area contributed by atoms with Gasteiger partial charge >= 0.3 is 0 Å². The van der Waals surface area contributed by atoms with Crippen molar-refractivity contribution < 1.29 is 14.1 Å². The van der Waals surface area contributed by atoms with Crippen molar-refractivity contribution in [1.82, 2.24) is 4.90 Å². The standard InChI is InChI=1S/C20H18ClFN2O3/c1-14-4-8-17(9-5-14)27-13-20-18(22)3-2-10-23(20)12-15-6-7-16(21)11-19(15)24(25)26/h2-11,20H,12-13H2,1H3. The molecule has 0 aromatic heterocycles. The molecule has 0 saturated carbocycles. The second-order valence-electron chi connectivity index (χ2n) is 6.24. The van der Waals surface area contributed by atoms with Crippen LogP contribution in [0.2, 0.25) is 5.02 Å². The molecule has 1 aliphatic rings. The van der Waals surface area contributed by atoms with E-state index in [1.165, 1.54) is 12.1 Å². The number of ether oxygens (including phenoxy) is 1. The molecule has 7 heteroatoms. The van der Waals surface area contributed by atoms with Gasteiger partial charge in [0, 0.05) is 22.9 Å². The van der Waals surface area contributed by atoms with Crippen LogP contribution in [0.3, 0.4) is 0 Å². The van der Waals surface area contributed by atoms with Gasteiger partial charge in [-0.1, -0.05) is 29.3 Å². The number of hydrogen-bond acceptors (Lipinski definition) is 4. The first kappa shape index (κ1) is 18.9. The summed E-state index contributed by atoms with van der Waals surface area (Å²) in [5, 5.41) is 11.6. The average molecular weight is 389 g/mol. The van der Waals surface area contributed by atoms with Gasteiger partial charge in [-0.25, -0.2) is 4.39 Å². The summed E-state index contributed by atoms with van der Waals surface area (Å²) in [6, 6.07) is 11.3. The van der Waals surface area contributed by atoms with Gasteiger partial charge in [0.2, 0.25) is 0 Å². The molecule has 1 unspecified atom stereocenters. The molecule has 0 amide bonds. The minimum atomic E-state index is -0.674. The zero-order valence-electron chi connectivity index (χ0n) is 14.6. The summed E-state index contributed by atoms with van der Waals surface area (Å²) in [4.78, 5) is 12.5. The number of rotatable bonds is 6. The molecule has 1 heterocycles. The Hall–Kier alpha value is -2.86. The van der Waals surface area contributed by atoms with Crippen molar-refractivity contribution in [2.24, 2.45) is 0 Å². The minimum Gasteiger partial charge on any atom is -0.491 e. The maximum atomic E-state index is 14.4. The third kappa shape index (κ3) is 4.65. The predicted molar refractivity (Wildman–Crippen MR) is 102 cm³/mol. The van der Waals surface area contributed by atoms with Crippen molar-refractivity contribution in [1.29, 1.82) is 0 Å². The smallest absolute Gasteiger partial charge is 0.275 e. The van der Waals surface area contributed by atoms with E-state index in [1.807, 2.05) is 31.2 Å². The van der Waals surface area contributed by atoms with Gasteiger partial charge in [0.1, 0.15) is 24.2 Å². The molecule has 1 atom stereocenters. The third-order valence-corrected chi connectivity index (χ3v) is 4.51. The maximum absolute atomic E-state index is 14.4. The van der Waals surface area contributed by atoms with Crippen LogP contribution < -0.4 is 4.74 Å². The molecule has 3 rings (SSSR count). The molecule has 2 aromatic carbocycles. The minimum absolute atomic E-state index is 0.0805. The Kier molecular flexibility index (Phi) is 5.76. The monoisotopic (exact) mass is 388 g/mol. The molecule has 0 aliphatic carbocycles. The van der Waals surface area contributed by atoms with Crippen LogP contribution in [-0.4, -0.2) is 22.5 Å².